The lowest BCUT2D eigenvalue weighted by Gasteiger charge is -2.29. The highest BCUT2D eigenvalue weighted by Crippen LogP contribution is 2.34. The van der Waals surface area contributed by atoms with Crippen LogP contribution in [0, 0.1) is 0 Å². The summed E-state index contributed by atoms with van der Waals surface area (Å²) < 4.78 is 71.4. The first kappa shape index (κ1) is 30.6. The molecule has 8 nitrogen and oxygen atoms in total. The molecule has 2 aromatic carbocycles. The summed E-state index contributed by atoms with van der Waals surface area (Å²) in [6, 6.07) is 11.8. The zero-order valence-corrected chi connectivity index (χ0v) is 21.8. The van der Waals surface area contributed by atoms with Gasteiger partial charge in [-0.05, 0) is 50.8 Å². The molecule has 0 saturated heterocycles. The van der Waals surface area contributed by atoms with Crippen molar-refractivity contribution in [2.45, 2.75) is 55.8 Å². The van der Waals surface area contributed by atoms with E-state index in [2.05, 4.69) is 5.32 Å². The molecule has 2 rings (SSSR count). The predicted molar refractivity (Wildman–Crippen MR) is 132 cm³/mol. The van der Waals surface area contributed by atoms with Crippen LogP contribution in [-0.2, 0) is 27.4 Å². The van der Waals surface area contributed by atoms with Crippen LogP contribution >= 0.6 is 0 Å². The van der Waals surface area contributed by atoms with Crippen LogP contribution in [-0.4, -0.2) is 67.3 Å². The van der Waals surface area contributed by atoms with Crippen molar-refractivity contribution >= 4 is 16.0 Å². The van der Waals surface area contributed by atoms with E-state index < -0.39 is 51.1 Å². The zero-order valence-electron chi connectivity index (χ0n) is 21.0. The fourth-order valence-corrected chi connectivity index (χ4v) is 4.88. The number of alkyl halides is 3. The van der Waals surface area contributed by atoms with Crippen LogP contribution < -0.4 is 10.1 Å². The molecule has 206 valence electrons. The fraction of sp³-hybridized carbons (Fsp3) is 0.480. The fourth-order valence-electron chi connectivity index (χ4n) is 3.61. The standard InChI is InChI=1S/C25H33F3N2O6S/c1-24(2,11-7-10-18-8-5-4-6-9-18)29-15-20(31)16-30(3)37(34,35)22-13-19(25(26,27)28)12-21(14-22)36-17-23(32)33/h4-6,8-9,12-14,20,29,31H,7,10-11,15-17H2,1-3H3,(H,32,33)/t20-/m1/s1. The number of carboxylic acids is 1. The molecule has 0 spiro atoms. The molecule has 0 radical (unpaired) electrons. The Bertz CT molecular complexity index is 1140. The number of aliphatic hydroxyl groups is 1. The summed E-state index contributed by atoms with van der Waals surface area (Å²) >= 11 is 0. The highest BCUT2D eigenvalue weighted by atomic mass is 32.2. The Morgan fingerprint density at radius 2 is 1.78 bits per heavy atom. The van der Waals surface area contributed by atoms with Crippen molar-refractivity contribution in [2.24, 2.45) is 0 Å². The molecular weight excluding hydrogens is 513 g/mol. The number of hydrogen-bond donors (Lipinski definition) is 3. The number of aliphatic hydroxyl groups excluding tert-OH is 1. The summed E-state index contributed by atoms with van der Waals surface area (Å²) in [5, 5.41) is 22.4. The van der Waals surface area contributed by atoms with Crippen molar-refractivity contribution in [3.05, 3.63) is 59.7 Å². The lowest BCUT2D eigenvalue weighted by atomic mass is 9.95. The van der Waals surface area contributed by atoms with E-state index in [4.69, 9.17) is 9.84 Å². The smallest absolute Gasteiger partial charge is 0.416 e. The lowest BCUT2D eigenvalue weighted by molar-refractivity contribution is -0.139. The topological polar surface area (TPSA) is 116 Å². The first-order valence-electron chi connectivity index (χ1n) is 11.6. The van der Waals surface area contributed by atoms with Crippen LogP contribution in [0.15, 0.2) is 53.4 Å². The number of aryl methyl sites for hydroxylation is 1. The molecule has 0 saturated carbocycles. The third-order valence-electron chi connectivity index (χ3n) is 5.67. The van der Waals surface area contributed by atoms with Crippen LogP contribution in [0.1, 0.15) is 37.8 Å². The molecule has 12 heteroatoms. The maximum Gasteiger partial charge on any atom is 0.416 e. The molecule has 1 atom stereocenters. The van der Waals surface area contributed by atoms with Crippen molar-refractivity contribution in [1.29, 1.82) is 0 Å². The van der Waals surface area contributed by atoms with Gasteiger partial charge >= 0.3 is 12.1 Å². The van der Waals surface area contributed by atoms with Crippen LogP contribution in [0.25, 0.3) is 0 Å². The van der Waals surface area contributed by atoms with Gasteiger partial charge < -0.3 is 20.3 Å². The minimum absolute atomic E-state index is 0.0633. The van der Waals surface area contributed by atoms with Crippen molar-refractivity contribution in [1.82, 2.24) is 9.62 Å². The molecule has 0 fully saturated rings. The van der Waals surface area contributed by atoms with E-state index in [1.165, 1.54) is 5.56 Å². The third-order valence-corrected chi connectivity index (χ3v) is 7.47. The highest BCUT2D eigenvalue weighted by Gasteiger charge is 2.34. The number of benzene rings is 2. The number of aliphatic carboxylic acids is 1. The van der Waals surface area contributed by atoms with Gasteiger partial charge in [-0.1, -0.05) is 30.3 Å². The zero-order chi connectivity index (χ0) is 27.9. The number of carbonyl (C=O) groups is 1. The maximum absolute atomic E-state index is 13.3. The number of ether oxygens (including phenoxy) is 1. The van der Waals surface area contributed by atoms with Crippen LogP contribution in [0.3, 0.4) is 0 Å². The van der Waals surface area contributed by atoms with Gasteiger partial charge in [0.05, 0.1) is 16.6 Å². The Morgan fingerprint density at radius 1 is 1.14 bits per heavy atom. The molecule has 0 aliphatic carbocycles. The number of halogens is 3. The van der Waals surface area contributed by atoms with Gasteiger partial charge in [-0.3, -0.25) is 0 Å². The van der Waals surface area contributed by atoms with Crippen LogP contribution in [0.4, 0.5) is 13.2 Å². The van der Waals surface area contributed by atoms with Crippen molar-refractivity contribution < 1.29 is 41.3 Å². The SMILES string of the molecule is CN(C[C@H](O)CNC(C)(C)CCCc1ccccc1)S(=O)(=O)c1cc(OCC(=O)O)cc(C(F)(F)F)c1. The quantitative estimate of drug-likeness (QED) is 0.332. The number of nitrogens with zero attached hydrogens (tertiary/aromatic N) is 1. The van der Waals surface area contributed by atoms with Gasteiger partial charge in [0.15, 0.2) is 6.61 Å². The normalized spacial score (nSPS) is 13.5. The monoisotopic (exact) mass is 546 g/mol. The second-order valence-electron chi connectivity index (χ2n) is 9.42. The van der Waals surface area contributed by atoms with Gasteiger partial charge in [0.25, 0.3) is 0 Å². The van der Waals surface area contributed by atoms with Gasteiger partial charge in [0.2, 0.25) is 10.0 Å². The Kier molecular flexibility index (Phi) is 10.5. The number of β-amino-alcohol motifs (C(OH)–C–C–N with tert-alkyl or cyclic N) is 1. The molecule has 0 bridgehead atoms. The molecule has 0 heterocycles. The van der Waals surface area contributed by atoms with Gasteiger partial charge in [0.1, 0.15) is 5.75 Å². The Labute approximate surface area is 215 Å². The number of likely N-dealkylation sites (N-methyl/N-ethyl adjacent to an activating group) is 1. The summed E-state index contributed by atoms with van der Waals surface area (Å²) in [4.78, 5) is 9.98. The van der Waals surface area contributed by atoms with Crippen LogP contribution in [0.5, 0.6) is 5.75 Å². The average molecular weight is 547 g/mol. The van der Waals surface area contributed by atoms with Gasteiger partial charge in [-0.25, -0.2) is 13.2 Å². The summed E-state index contributed by atoms with van der Waals surface area (Å²) in [6.45, 7) is 2.67. The Hall–Kier alpha value is -2.67. The molecule has 37 heavy (non-hydrogen) atoms. The van der Waals surface area contributed by atoms with Crippen molar-refractivity contribution in [3.63, 3.8) is 0 Å². The molecule has 2 aromatic rings. The van der Waals surface area contributed by atoms with Crippen LogP contribution in [0.2, 0.25) is 0 Å². The number of carboxylic acid groups (broad SMARTS) is 1. The maximum atomic E-state index is 13.3. The molecular formula is C25H33F3N2O6S. The van der Waals surface area contributed by atoms with E-state index >= 15 is 0 Å². The van der Waals surface area contributed by atoms with Crippen molar-refractivity contribution in [2.75, 3.05) is 26.7 Å². The van der Waals surface area contributed by atoms with E-state index in [-0.39, 0.29) is 18.6 Å². The number of nitrogens with one attached hydrogen (secondary N) is 1. The Balaban J connectivity index is 2.01. The second-order valence-corrected chi connectivity index (χ2v) is 11.5. The number of rotatable bonds is 14. The predicted octanol–water partition coefficient (Wildman–Crippen LogP) is 3.54. The summed E-state index contributed by atoms with van der Waals surface area (Å²) in [7, 11) is -3.32. The van der Waals surface area contributed by atoms with E-state index in [1.54, 1.807) is 0 Å². The summed E-state index contributed by atoms with van der Waals surface area (Å²) in [5.41, 5.74) is -0.428. The number of sulfonamides is 1. The summed E-state index contributed by atoms with van der Waals surface area (Å²) in [6.07, 6.45) is -3.44. The molecule has 0 aliphatic rings. The minimum atomic E-state index is -4.89. The van der Waals surface area contributed by atoms with E-state index in [9.17, 15) is 31.5 Å². The third kappa shape index (κ3) is 9.95. The van der Waals surface area contributed by atoms with E-state index in [1.807, 2.05) is 44.2 Å². The minimum Gasteiger partial charge on any atom is -0.482 e. The number of hydrogen-bond acceptors (Lipinski definition) is 6. The molecule has 0 unspecified atom stereocenters. The van der Waals surface area contributed by atoms with Crippen molar-refractivity contribution in [3.8, 4) is 5.75 Å². The summed E-state index contributed by atoms with van der Waals surface area (Å²) in [5.74, 6) is -1.98. The largest absolute Gasteiger partial charge is 0.482 e. The first-order chi connectivity index (χ1) is 17.1. The molecule has 0 amide bonds. The lowest BCUT2D eigenvalue weighted by Crippen LogP contribution is -2.46. The van der Waals surface area contributed by atoms with Gasteiger partial charge in [0, 0.05) is 31.7 Å². The van der Waals surface area contributed by atoms with Gasteiger partial charge in [-0.2, -0.15) is 17.5 Å². The molecule has 0 aliphatic heterocycles. The Morgan fingerprint density at radius 3 is 2.38 bits per heavy atom. The second kappa shape index (κ2) is 12.7. The van der Waals surface area contributed by atoms with Gasteiger partial charge in [-0.15, -0.1) is 0 Å². The van der Waals surface area contributed by atoms with E-state index in [0.717, 1.165) is 36.7 Å². The highest BCUT2D eigenvalue weighted by molar-refractivity contribution is 7.89. The van der Waals surface area contributed by atoms with E-state index in [0.29, 0.717) is 12.1 Å². The first-order valence-corrected chi connectivity index (χ1v) is 13.0. The average Bonchev–Trinajstić information content (AvgIpc) is 2.81. The molecule has 0 aromatic heterocycles. The molecule has 3 N–H and O–H groups in total.